The van der Waals surface area contributed by atoms with Crippen LogP contribution in [-0.4, -0.2) is 17.7 Å². The molecule has 1 N–H and O–H groups in total. The summed E-state index contributed by atoms with van der Waals surface area (Å²) in [4.78, 5) is 0. The first-order chi connectivity index (χ1) is 8.78. The highest BCUT2D eigenvalue weighted by Crippen LogP contribution is 2.26. The Kier molecular flexibility index (Phi) is 3.29. The Balaban J connectivity index is 1.96. The molecule has 1 saturated carbocycles. The van der Waals surface area contributed by atoms with Crippen LogP contribution >= 0.6 is 11.6 Å². The van der Waals surface area contributed by atoms with Gasteiger partial charge in [0.05, 0.1) is 5.52 Å². The average molecular weight is 265 g/mol. The normalized spacial score (nSPS) is 15.4. The molecule has 0 spiro atoms. The van der Waals surface area contributed by atoms with Gasteiger partial charge in [-0.1, -0.05) is 17.7 Å². The molecule has 1 aliphatic carbocycles. The van der Waals surface area contributed by atoms with Gasteiger partial charge in [0.15, 0.2) is 0 Å². The van der Waals surface area contributed by atoms with Crippen molar-refractivity contribution in [1.29, 1.82) is 0 Å². The monoisotopic (exact) mass is 264 g/mol. The summed E-state index contributed by atoms with van der Waals surface area (Å²) >= 11 is 6.07. The maximum atomic E-state index is 6.07. The molecular formula is C14H17ClN2O. The highest BCUT2D eigenvalue weighted by molar-refractivity contribution is 6.31. The predicted molar refractivity (Wildman–Crippen MR) is 73.8 cm³/mol. The number of rotatable bonds is 5. The first-order valence-corrected chi connectivity index (χ1v) is 6.65. The molecule has 0 amide bonds. The van der Waals surface area contributed by atoms with Gasteiger partial charge < -0.3 is 14.6 Å². The third-order valence-corrected chi connectivity index (χ3v) is 3.59. The summed E-state index contributed by atoms with van der Waals surface area (Å²) in [6.07, 6.45) is 4.77. The lowest BCUT2D eigenvalue weighted by molar-refractivity contribution is 0.134. The van der Waals surface area contributed by atoms with Crippen molar-refractivity contribution in [2.24, 2.45) is 0 Å². The number of nitrogens with zero attached hydrogens (tertiary/aromatic N) is 1. The van der Waals surface area contributed by atoms with E-state index < -0.39 is 0 Å². The van der Waals surface area contributed by atoms with Crippen molar-refractivity contribution in [1.82, 2.24) is 9.88 Å². The average Bonchev–Trinajstić information content (AvgIpc) is 3.12. The number of hydrogen-bond donors (Lipinski definition) is 1. The molecule has 0 saturated heterocycles. The van der Waals surface area contributed by atoms with Crippen LogP contribution in [0.3, 0.4) is 0 Å². The molecule has 0 unspecified atom stereocenters. The largest absolute Gasteiger partial charge is 0.364 e. The molecule has 96 valence electrons. The molecule has 1 heterocycles. The van der Waals surface area contributed by atoms with E-state index in [1.807, 2.05) is 12.1 Å². The molecule has 0 radical (unpaired) electrons. The molecule has 3 nitrogen and oxygen atoms in total. The van der Waals surface area contributed by atoms with E-state index in [9.17, 15) is 0 Å². The second-order valence-corrected chi connectivity index (χ2v) is 5.29. The van der Waals surface area contributed by atoms with Crippen LogP contribution in [0.15, 0.2) is 24.4 Å². The van der Waals surface area contributed by atoms with Gasteiger partial charge >= 0.3 is 0 Å². The van der Waals surface area contributed by atoms with Crippen LogP contribution in [0.2, 0.25) is 5.02 Å². The number of benzene rings is 1. The first-order valence-electron chi connectivity index (χ1n) is 6.27. The Morgan fingerprint density at radius 3 is 3.00 bits per heavy atom. The summed E-state index contributed by atoms with van der Waals surface area (Å²) in [6, 6.07) is 6.75. The Hall–Kier alpha value is -1.03. The molecule has 18 heavy (non-hydrogen) atoms. The molecule has 1 aromatic carbocycles. The van der Waals surface area contributed by atoms with Gasteiger partial charge in [-0.3, -0.25) is 0 Å². The predicted octanol–water partition coefficient (Wildman–Crippen LogP) is 3.15. The lowest BCUT2D eigenvalue weighted by atomic mass is 10.2. The Bertz CT molecular complexity index is 560. The van der Waals surface area contributed by atoms with Crippen LogP contribution in [0.1, 0.15) is 18.4 Å². The van der Waals surface area contributed by atoms with Gasteiger partial charge in [-0.15, -0.1) is 0 Å². The van der Waals surface area contributed by atoms with E-state index in [1.165, 1.54) is 23.8 Å². The number of ether oxygens (including phenoxy) is 1. The highest BCUT2D eigenvalue weighted by Gasteiger charge is 2.20. The molecule has 1 fully saturated rings. The zero-order valence-corrected chi connectivity index (χ0v) is 11.2. The van der Waals surface area contributed by atoms with Crippen LogP contribution in [0, 0.1) is 0 Å². The van der Waals surface area contributed by atoms with Gasteiger partial charge in [-0.05, 0) is 30.5 Å². The first kappa shape index (κ1) is 12.0. The van der Waals surface area contributed by atoms with E-state index in [-0.39, 0.29) is 0 Å². The van der Waals surface area contributed by atoms with Gasteiger partial charge in [0.2, 0.25) is 0 Å². The number of methoxy groups -OCH3 is 1. The van der Waals surface area contributed by atoms with E-state index in [2.05, 4.69) is 22.1 Å². The summed E-state index contributed by atoms with van der Waals surface area (Å²) in [6.45, 7) is 1.47. The third-order valence-electron chi connectivity index (χ3n) is 3.35. The summed E-state index contributed by atoms with van der Waals surface area (Å²) in [7, 11) is 1.71. The molecule has 0 atom stereocenters. The molecule has 2 aromatic rings. The number of aromatic nitrogens is 1. The topological polar surface area (TPSA) is 26.2 Å². The van der Waals surface area contributed by atoms with Crippen molar-refractivity contribution >= 4 is 22.5 Å². The van der Waals surface area contributed by atoms with E-state index in [1.54, 1.807) is 7.11 Å². The Morgan fingerprint density at radius 2 is 2.28 bits per heavy atom. The van der Waals surface area contributed by atoms with Crippen molar-refractivity contribution in [2.75, 3.05) is 7.11 Å². The summed E-state index contributed by atoms with van der Waals surface area (Å²) in [5.74, 6) is 0. The van der Waals surface area contributed by atoms with Crippen LogP contribution in [0.5, 0.6) is 0 Å². The lowest BCUT2D eigenvalue weighted by Gasteiger charge is -2.02. The zero-order chi connectivity index (χ0) is 12.5. The maximum Gasteiger partial charge on any atom is 0.122 e. The summed E-state index contributed by atoms with van der Waals surface area (Å²) in [5, 5.41) is 5.57. The number of halogens is 1. The van der Waals surface area contributed by atoms with Crippen LogP contribution in [0.25, 0.3) is 10.9 Å². The van der Waals surface area contributed by atoms with Crippen molar-refractivity contribution in [3.63, 3.8) is 0 Å². The van der Waals surface area contributed by atoms with Crippen molar-refractivity contribution in [3.8, 4) is 0 Å². The Morgan fingerprint density at radius 1 is 1.44 bits per heavy atom. The van der Waals surface area contributed by atoms with Crippen LogP contribution < -0.4 is 5.32 Å². The fourth-order valence-corrected chi connectivity index (χ4v) is 2.44. The van der Waals surface area contributed by atoms with Crippen LogP contribution in [-0.2, 0) is 18.0 Å². The van der Waals surface area contributed by atoms with Gasteiger partial charge in [0, 0.05) is 36.3 Å². The van der Waals surface area contributed by atoms with E-state index >= 15 is 0 Å². The quantitative estimate of drug-likeness (QED) is 0.898. The zero-order valence-electron chi connectivity index (χ0n) is 10.4. The van der Waals surface area contributed by atoms with Crippen molar-refractivity contribution < 1.29 is 4.74 Å². The number of hydrogen-bond acceptors (Lipinski definition) is 2. The lowest BCUT2D eigenvalue weighted by Crippen LogP contribution is -2.14. The molecule has 0 aliphatic heterocycles. The Labute approximate surface area is 112 Å². The SMILES string of the molecule is COCn1cc(CNC2CC2)c2ccc(Cl)cc21. The smallest absolute Gasteiger partial charge is 0.122 e. The van der Waals surface area contributed by atoms with Crippen molar-refractivity contribution in [2.45, 2.75) is 32.2 Å². The fraction of sp³-hybridized carbons (Fsp3) is 0.429. The minimum absolute atomic E-state index is 0.556. The van der Waals surface area contributed by atoms with E-state index in [0.29, 0.717) is 6.73 Å². The number of fused-ring (bicyclic) bond motifs is 1. The fourth-order valence-electron chi connectivity index (χ4n) is 2.27. The molecule has 1 aliphatic rings. The summed E-state index contributed by atoms with van der Waals surface area (Å²) < 4.78 is 7.33. The summed E-state index contributed by atoms with van der Waals surface area (Å²) in [5.41, 5.74) is 2.45. The van der Waals surface area contributed by atoms with Gasteiger partial charge in [-0.2, -0.15) is 0 Å². The molecule has 3 rings (SSSR count). The van der Waals surface area contributed by atoms with Gasteiger partial charge in [0.1, 0.15) is 6.73 Å². The van der Waals surface area contributed by atoms with Crippen molar-refractivity contribution in [3.05, 3.63) is 35.0 Å². The van der Waals surface area contributed by atoms with E-state index in [4.69, 9.17) is 16.3 Å². The second-order valence-electron chi connectivity index (χ2n) is 4.86. The maximum absolute atomic E-state index is 6.07. The van der Waals surface area contributed by atoms with E-state index in [0.717, 1.165) is 23.1 Å². The molecule has 4 heteroatoms. The molecule has 0 bridgehead atoms. The highest BCUT2D eigenvalue weighted by atomic mass is 35.5. The number of nitrogens with one attached hydrogen (secondary N) is 1. The second kappa shape index (κ2) is 4.92. The standard InChI is InChI=1S/C14H17ClN2O/c1-18-9-17-8-10(7-16-12-3-4-12)13-5-2-11(15)6-14(13)17/h2,5-6,8,12,16H,3-4,7,9H2,1H3. The third kappa shape index (κ3) is 2.39. The molecule has 1 aromatic heterocycles. The van der Waals surface area contributed by atoms with Crippen LogP contribution in [0.4, 0.5) is 0 Å². The minimum atomic E-state index is 0.556. The van der Waals surface area contributed by atoms with Gasteiger partial charge in [0.25, 0.3) is 0 Å². The van der Waals surface area contributed by atoms with Gasteiger partial charge in [-0.25, -0.2) is 0 Å². The molecular weight excluding hydrogens is 248 g/mol. The minimum Gasteiger partial charge on any atom is -0.364 e.